The number of hydrogen-bond acceptors (Lipinski definition) is 3. The van der Waals surface area contributed by atoms with Crippen LogP contribution in [0.5, 0.6) is 0 Å². The molecule has 0 spiro atoms. The molecule has 1 rings (SSSR count). The van der Waals surface area contributed by atoms with E-state index in [4.69, 9.17) is 4.74 Å². The predicted octanol–water partition coefficient (Wildman–Crippen LogP) is 1.34. The van der Waals surface area contributed by atoms with Crippen LogP contribution in [-0.4, -0.2) is 50.8 Å². The fourth-order valence-corrected chi connectivity index (χ4v) is 2.10. The minimum absolute atomic E-state index is 0.844. The Labute approximate surface area is 94.2 Å². The lowest BCUT2D eigenvalue weighted by Crippen LogP contribution is -2.38. The van der Waals surface area contributed by atoms with E-state index in [0.717, 1.165) is 32.2 Å². The van der Waals surface area contributed by atoms with E-state index in [1.807, 2.05) is 0 Å². The molecule has 90 valence electrons. The highest BCUT2D eigenvalue weighted by atomic mass is 16.5. The van der Waals surface area contributed by atoms with Crippen molar-refractivity contribution in [3.8, 4) is 0 Å². The highest BCUT2D eigenvalue weighted by Crippen LogP contribution is 2.15. The summed E-state index contributed by atoms with van der Waals surface area (Å²) in [5.41, 5.74) is 0. The van der Waals surface area contributed by atoms with Gasteiger partial charge in [-0.15, -0.1) is 0 Å². The molecule has 0 amide bonds. The molecular weight excluding hydrogens is 188 g/mol. The van der Waals surface area contributed by atoms with E-state index in [2.05, 4.69) is 24.1 Å². The topological polar surface area (TPSA) is 24.5 Å². The van der Waals surface area contributed by atoms with Gasteiger partial charge in [-0.05, 0) is 51.9 Å². The summed E-state index contributed by atoms with van der Waals surface area (Å²) in [6, 6.07) is 0. The molecule has 0 aromatic rings. The Morgan fingerprint density at radius 3 is 2.60 bits per heavy atom. The predicted molar refractivity (Wildman–Crippen MR) is 64.2 cm³/mol. The van der Waals surface area contributed by atoms with Gasteiger partial charge in [0.05, 0.1) is 6.61 Å². The number of nitrogens with zero attached hydrogens (tertiary/aromatic N) is 1. The van der Waals surface area contributed by atoms with E-state index >= 15 is 0 Å². The van der Waals surface area contributed by atoms with Gasteiger partial charge in [0, 0.05) is 13.2 Å². The van der Waals surface area contributed by atoms with Crippen LogP contribution >= 0.6 is 0 Å². The molecule has 1 aliphatic heterocycles. The molecular formula is C12H26N2O. The first kappa shape index (κ1) is 12.9. The average Bonchev–Trinajstić information content (AvgIpc) is 2.28. The van der Waals surface area contributed by atoms with Crippen LogP contribution in [-0.2, 0) is 4.74 Å². The molecule has 1 fully saturated rings. The molecule has 1 N–H and O–H groups in total. The number of nitrogens with one attached hydrogen (secondary N) is 1. The quantitative estimate of drug-likeness (QED) is 0.647. The molecule has 1 aliphatic rings. The van der Waals surface area contributed by atoms with Crippen molar-refractivity contribution in [3.63, 3.8) is 0 Å². The summed E-state index contributed by atoms with van der Waals surface area (Å²) in [5.74, 6) is 0.897. The fourth-order valence-electron chi connectivity index (χ4n) is 2.10. The van der Waals surface area contributed by atoms with E-state index in [0.29, 0.717) is 0 Å². The molecule has 0 aromatic heterocycles. The largest absolute Gasteiger partial charge is 0.380 e. The first-order valence-electron chi connectivity index (χ1n) is 6.37. The highest BCUT2D eigenvalue weighted by Gasteiger charge is 2.17. The molecule has 0 unspecified atom stereocenters. The molecule has 1 saturated heterocycles. The van der Waals surface area contributed by atoms with Gasteiger partial charge in [0.15, 0.2) is 0 Å². The van der Waals surface area contributed by atoms with Crippen molar-refractivity contribution < 1.29 is 4.74 Å². The van der Waals surface area contributed by atoms with Gasteiger partial charge in [0.1, 0.15) is 0 Å². The molecule has 0 aliphatic carbocycles. The Bertz CT molecular complexity index is 145. The lowest BCUT2D eigenvalue weighted by atomic mass is 9.97. The molecule has 15 heavy (non-hydrogen) atoms. The van der Waals surface area contributed by atoms with Gasteiger partial charge < -0.3 is 15.0 Å². The third-order valence-corrected chi connectivity index (χ3v) is 3.15. The van der Waals surface area contributed by atoms with Crippen molar-refractivity contribution in [3.05, 3.63) is 0 Å². The average molecular weight is 214 g/mol. The Morgan fingerprint density at radius 2 is 2.00 bits per heavy atom. The first-order valence-corrected chi connectivity index (χ1v) is 6.37. The Hall–Kier alpha value is -0.120. The summed E-state index contributed by atoms with van der Waals surface area (Å²) in [6.45, 7) is 11.9. The smallest absolute Gasteiger partial charge is 0.0593 e. The Kier molecular flexibility index (Phi) is 6.98. The molecule has 1 heterocycles. The van der Waals surface area contributed by atoms with Crippen LogP contribution in [0.1, 0.15) is 26.7 Å². The van der Waals surface area contributed by atoms with Gasteiger partial charge in [-0.2, -0.15) is 0 Å². The van der Waals surface area contributed by atoms with Gasteiger partial charge in [-0.25, -0.2) is 0 Å². The van der Waals surface area contributed by atoms with Crippen molar-refractivity contribution in [1.82, 2.24) is 10.2 Å². The zero-order valence-electron chi connectivity index (χ0n) is 10.3. The molecule has 0 aromatic carbocycles. The van der Waals surface area contributed by atoms with Crippen molar-refractivity contribution in [2.24, 2.45) is 5.92 Å². The molecule has 0 saturated carbocycles. The van der Waals surface area contributed by atoms with E-state index in [-0.39, 0.29) is 0 Å². The van der Waals surface area contributed by atoms with E-state index in [9.17, 15) is 0 Å². The van der Waals surface area contributed by atoms with Gasteiger partial charge in [0.25, 0.3) is 0 Å². The van der Waals surface area contributed by atoms with Gasteiger partial charge >= 0.3 is 0 Å². The van der Waals surface area contributed by atoms with E-state index < -0.39 is 0 Å². The molecule has 0 atom stereocenters. The van der Waals surface area contributed by atoms with Crippen LogP contribution in [0.3, 0.4) is 0 Å². The monoisotopic (exact) mass is 214 g/mol. The highest BCUT2D eigenvalue weighted by molar-refractivity contribution is 4.73. The van der Waals surface area contributed by atoms with Crippen molar-refractivity contribution in [1.29, 1.82) is 0 Å². The Morgan fingerprint density at radius 1 is 1.27 bits per heavy atom. The standard InChI is InChI=1S/C12H26N2O/c1-3-13-11-12-5-7-14(8-6-12)9-10-15-4-2/h12-13H,3-11H2,1-2H3. The lowest BCUT2D eigenvalue weighted by Gasteiger charge is -2.31. The number of likely N-dealkylation sites (tertiary alicyclic amines) is 1. The van der Waals surface area contributed by atoms with Crippen LogP contribution < -0.4 is 5.32 Å². The molecule has 3 heteroatoms. The third-order valence-electron chi connectivity index (χ3n) is 3.15. The number of ether oxygens (including phenoxy) is 1. The van der Waals surface area contributed by atoms with E-state index in [1.54, 1.807) is 0 Å². The zero-order chi connectivity index (χ0) is 10.9. The summed E-state index contributed by atoms with van der Waals surface area (Å²) in [4.78, 5) is 2.53. The molecule has 3 nitrogen and oxygen atoms in total. The second-order valence-electron chi connectivity index (χ2n) is 4.29. The zero-order valence-corrected chi connectivity index (χ0v) is 10.3. The molecule has 0 bridgehead atoms. The summed E-state index contributed by atoms with van der Waals surface area (Å²) in [5, 5.41) is 3.44. The second-order valence-corrected chi connectivity index (χ2v) is 4.29. The van der Waals surface area contributed by atoms with Crippen LogP contribution in [0.15, 0.2) is 0 Å². The molecule has 0 radical (unpaired) electrons. The Balaban J connectivity index is 2.02. The van der Waals surface area contributed by atoms with Crippen LogP contribution in [0, 0.1) is 5.92 Å². The summed E-state index contributed by atoms with van der Waals surface area (Å²) in [7, 11) is 0. The number of piperidine rings is 1. The van der Waals surface area contributed by atoms with Crippen LogP contribution in [0.2, 0.25) is 0 Å². The number of hydrogen-bond donors (Lipinski definition) is 1. The van der Waals surface area contributed by atoms with Crippen molar-refractivity contribution in [2.45, 2.75) is 26.7 Å². The lowest BCUT2D eigenvalue weighted by molar-refractivity contribution is 0.0957. The normalized spacial score (nSPS) is 19.6. The summed E-state index contributed by atoms with van der Waals surface area (Å²) in [6.07, 6.45) is 2.69. The maximum atomic E-state index is 5.37. The van der Waals surface area contributed by atoms with Gasteiger partial charge in [-0.1, -0.05) is 6.92 Å². The van der Waals surface area contributed by atoms with E-state index in [1.165, 1.54) is 32.5 Å². The van der Waals surface area contributed by atoms with Gasteiger partial charge in [-0.3, -0.25) is 0 Å². The fraction of sp³-hybridized carbons (Fsp3) is 1.00. The van der Waals surface area contributed by atoms with Crippen molar-refractivity contribution in [2.75, 3.05) is 45.9 Å². The van der Waals surface area contributed by atoms with Crippen molar-refractivity contribution >= 4 is 0 Å². The second kappa shape index (κ2) is 8.08. The maximum Gasteiger partial charge on any atom is 0.0593 e. The van der Waals surface area contributed by atoms with Crippen LogP contribution in [0.4, 0.5) is 0 Å². The van der Waals surface area contributed by atoms with Crippen LogP contribution in [0.25, 0.3) is 0 Å². The minimum atomic E-state index is 0.844. The first-order chi connectivity index (χ1) is 7.36. The number of rotatable bonds is 7. The maximum absolute atomic E-state index is 5.37. The van der Waals surface area contributed by atoms with Gasteiger partial charge in [0.2, 0.25) is 0 Å². The minimum Gasteiger partial charge on any atom is -0.380 e. The summed E-state index contributed by atoms with van der Waals surface area (Å²) < 4.78 is 5.37. The SMILES string of the molecule is CCNCC1CCN(CCOCC)CC1. The third kappa shape index (κ3) is 5.50. The summed E-state index contributed by atoms with van der Waals surface area (Å²) >= 11 is 0.